The van der Waals surface area contributed by atoms with E-state index in [-0.39, 0.29) is 6.16 Å². The highest BCUT2D eigenvalue weighted by Gasteiger charge is 2.26. The number of hydrogen-bond donors (Lipinski definition) is 0. The predicted octanol–water partition coefficient (Wildman–Crippen LogP) is 4.22. The Morgan fingerprint density at radius 3 is 2.58 bits per heavy atom. The Kier molecular flexibility index (Phi) is 5.09. The van der Waals surface area contributed by atoms with Crippen LogP contribution < -0.4 is 0 Å². The van der Waals surface area contributed by atoms with Gasteiger partial charge in [-0.15, -0.1) is 0 Å². The fraction of sp³-hybridized carbons (Fsp3) is 0.455. The maximum Gasteiger partial charge on any atom is 0.337 e. The van der Waals surface area contributed by atoms with E-state index in [4.69, 9.17) is 9.05 Å². The minimum atomic E-state index is -3.10. The van der Waals surface area contributed by atoms with Crippen molar-refractivity contribution in [1.29, 1.82) is 0 Å². The maximum atomic E-state index is 12.4. The first kappa shape index (κ1) is 15.1. The highest BCUT2D eigenvalue weighted by Crippen LogP contribution is 2.51. The summed E-state index contributed by atoms with van der Waals surface area (Å²) in [7, 11) is -3.10. The Bertz CT molecular complexity index is 609. The van der Waals surface area contributed by atoms with E-state index in [1.807, 2.05) is 12.1 Å². The molecule has 0 aliphatic carbocycles. The second-order valence-electron chi connectivity index (χ2n) is 3.67. The molecule has 0 radical (unpaired) electrons. The van der Waals surface area contributed by atoms with Crippen LogP contribution in [0.1, 0.15) is 18.9 Å². The third-order valence-electron chi connectivity index (χ3n) is 2.25. The van der Waals surface area contributed by atoms with Crippen LogP contribution in [0, 0.1) is 0 Å². The fourth-order valence-corrected chi connectivity index (χ4v) is 4.93. The van der Waals surface area contributed by atoms with Crippen LogP contribution in [-0.2, 0) is 19.8 Å². The van der Waals surface area contributed by atoms with Gasteiger partial charge in [-0.1, -0.05) is 11.3 Å². The fourth-order valence-electron chi connectivity index (χ4n) is 1.59. The molecule has 0 aromatic carbocycles. The lowest BCUT2D eigenvalue weighted by Gasteiger charge is -2.15. The number of halogens is 1. The number of rotatable bonds is 6. The lowest BCUT2D eigenvalue weighted by Crippen LogP contribution is -1.98. The van der Waals surface area contributed by atoms with Gasteiger partial charge in [0, 0.05) is 0 Å². The molecule has 5 nitrogen and oxygen atoms in total. The second-order valence-corrected chi connectivity index (χ2v) is 7.60. The molecule has 0 N–H and O–H groups in total. The molecule has 2 aromatic rings. The molecule has 0 saturated carbocycles. The second kappa shape index (κ2) is 6.41. The van der Waals surface area contributed by atoms with E-state index in [1.165, 1.54) is 11.3 Å². The molecule has 0 bridgehead atoms. The van der Waals surface area contributed by atoms with Gasteiger partial charge in [0.25, 0.3) is 0 Å². The van der Waals surface area contributed by atoms with Gasteiger partial charge >= 0.3 is 7.60 Å². The van der Waals surface area contributed by atoms with Gasteiger partial charge < -0.3 is 9.05 Å². The monoisotopic (exact) mass is 364 g/mol. The minimum Gasteiger partial charge on any atom is -0.309 e. The summed E-state index contributed by atoms with van der Waals surface area (Å²) >= 11 is 4.72. The van der Waals surface area contributed by atoms with Crippen LogP contribution in [0.15, 0.2) is 16.7 Å². The van der Waals surface area contributed by atoms with E-state index >= 15 is 0 Å². The van der Waals surface area contributed by atoms with Gasteiger partial charge in [0.15, 0.2) is 0 Å². The van der Waals surface area contributed by atoms with Crippen LogP contribution in [0.2, 0.25) is 0 Å². The SMILES string of the molecule is CCOP(=O)(Cc1nc2ccc(Br)nc2s1)OCC. The van der Waals surface area contributed by atoms with Crippen LogP contribution in [0.5, 0.6) is 0 Å². The first-order valence-electron chi connectivity index (χ1n) is 5.86. The highest BCUT2D eigenvalue weighted by atomic mass is 79.9. The average molecular weight is 365 g/mol. The largest absolute Gasteiger partial charge is 0.337 e. The van der Waals surface area contributed by atoms with Crippen molar-refractivity contribution in [3.05, 3.63) is 21.7 Å². The molecule has 0 unspecified atom stereocenters. The molecule has 2 rings (SSSR count). The number of thiazole rings is 1. The zero-order valence-electron chi connectivity index (χ0n) is 10.6. The number of hydrogen-bond acceptors (Lipinski definition) is 6. The van der Waals surface area contributed by atoms with Crippen LogP contribution in [0.25, 0.3) is 10.3 Å². The summed E-state index contributed by atoms with van der Waals surface area (Å²) in [5.74, 6) is 0. The van der Waals surface area contributed by atoms with Gasteiger partial charge in [-0.2, -0.15) is 0 Å². The summed E-state index contributed by atoms with van der Waals surface area (Å²) in [5, 5.41) is 0.714. The summed E-state index contributed by atoms with van der Waals surface area (Å²) in [4.78, 5) is 9.54. The molecule has 0 fully saturated rings. The Morgan fingerprint density at radius 1 is 1.26 bits per heavy atom. The van der Waals surface area contributed by atoms with E-state index in [9.17, 15) is 4.57 Å². The summed E-state index contributed by atoms with van der Waals surface area (Å²) in [6.07, 6.45) is 0.188. The Balaban J connectivity index is 2.26. The van der Waals surface area contributed by atoms with Crippen molar-refractivity contribution in [3.8, 4) is 0 Å². The lowest BCUT2D eigenvalue weighted by atomic mass is 10.5. The molecule has 0 aliphatic heterocycles. The Hall–Kier alpha value is -0.330. The quantitative estimate of drug-likeness (QED) is 0.567. The van der Waals surface area contributed by atoms with E-state index < -0.39 is 7.60 Å². The van der Waals surface area contributed by atoms with E-state index in [0.29, 0.717) is 18.2 Å². The smallest absolute Gasteiger partial charge is 0.309 e. The molecular weight excluding hydrogens is 351 g/mol. The van der Waals surface area contributed by atoms with Gasteiger partial charge in [0.05, 0.1) is 13.2 Å². The van der Waals surface area contributed by atoms with E-state index in [1.54, 1.807) is 13.8 Å². The van der Waals surface area contributed by atoms with Gasteiger partial charge in [-0.05, 0) is 41.9 Å². The van der Waals surface area contributed by atoms with Gasteiger partial charge in [-0.3, -0.25) is 4.57 Å². The van der Waals surface area contributed by atoms with Crippen LogP contribution in [0.4, 0.5) is 0 Å². The van der Waals surface area contributed by atoms with Crippen molar-refractivity contribution in [1.82, 2.24) is 9.97 Å². The summed E-state index contributed by atoms with van der Waals surface area (Å²) < 4.78 is 23.7. The first-order chi connectivity index (χ1) is 9.06. The molecule has 2 heterocycles. The molecule has 19 heavy (non-hydrogen) atoms. The summed E-state index contributed by atoms with van der Waals surface area (Å²) in [5.41, 5.74) is 0.794. The Labute approximate surface area is 124 Å². The normalized spacial score (nSPS) is 12.2. The molecule has 8 heteroatoms. The standard InChI is InChI=1S/C11H14BrN2O3PS/c1-3-16-18(15,17-4-2)7-10-13-8-5-6-9(12)14-11(8)19-10/h5-6H,3-4,7H2,1-2H3. The molecule has 0 amide bonds. The Morgan fingerprint density at radius 2 is 1.95 bits per heavy atom. The van der Waals surface area contributed by atoms with Crippen molar-refractivity contribution in [2.24, 2.45) is 0 Å². The number of pyridine rings is 1. The van der Waals surface area contributed by atoms with Crippen LogP contribution >= 0.6 is 34.9 Å². The molecule has 0 spiro atoms. The summed E-state index contributed by atoms with van der Waals surface area (Å²) in [6.45, 7) is 4.29. The average Bonchev–Trinajstić information content (AvgIpc) is 2.70. The summed E-state index contributed by atoms with van der Waals surface area (Å²) in [6, 6.07) is 3.70. The highest BCUT2D eigenvalue weighted by molar-refractivity contribution is 9.10. The molecule has 0 aliphatic rings. The van der Waals surface area contributed by atoms with E-state index in [2.05, 4.69) is 25.9 Å². The van der Waals surface area contributed by atoms with Crippen molar-refractivity contribution in [2.45, 2.75) is 20.0 Å². The number of fused-ring (bicyclic) bond motifs is 1. The van der Waals surface area contributed by atoms with Crippen molar-refractivity contribution < 1.29 is 13.6 Å². The lowest BCUT2D eigenvalue weighted by molar-refractivity contribution is 0.219. The minimum absolute atomic E-state index is 0.188. The molecule has 0 saturated heterocycles. The van der Waals surface area contributed by atoms with E-state index in [0.717, 1.165) is 15.0 Å². The number of aromatic nitrogens is 2. The number of nitrogens with zero attached hydrogens (tertiary/aromatic N) is 2. The molecule has 104 valence electrons. The van der Waals surface area contributed by atoms with Gasteiger partial charge in [0.1, 0.15) is 26.1 Å². The van der Waals surface area contributed by atoms with Crippen LogP contribution in [0.3, 0.4) is 0 Å². The van der Waals surface area contributed by atoms with Crippen molar-refractivity contribution in [3.63, 3.8) is 0 Å². The first-order valence-corrected chi connectivity index (χ1v) is 9.20. The van der Waals surface area contributed by atoms with Crippen molar-refractivity contribution in [2.75, 3.05) is 13.2 Å². The predicted molar refractivity (Wildman–Crippen MR) is 79.7 cm³/mol. The third-order valence-corrected chi connectivity index (χ3v) is 5.86. The van der Waals surface area contributed by atoms with Crippen LogP contribution in [-0.4, -0.2) is 23.2 Å². The topological polar surface area (TPSA) is 61.3 Å². The molecule has 2 aromatic heterocycles. The zero-order chi connectivity index (χ0) is 13.9. The molecule has 0 atom stereocenters. The maximum absolute atomic E-state index is 12.4. The zero-order valence-corrected chi connectivity index (χ0v) is 13.9. The van der Waals surface area contributed by atoms with Crippen molar-refractivity contribution >= 4 is 45.2 Å². The molecular formula is C11H14BrN2O3PS. The third kappa shape index (κ3) is 3.83. The van der Waals surface area contributed by atoms with Gasteiger partial charge in [-0.25, -0.2) is 9.97 Å². The van der Waals surface area contributed by atoms with Gasteiger partial charge in [0.2, 0.25) is 0 Å².